The number of Topliss-reactive ketones (excluding diaryl/α,β-unsaturated/α-hetero) is 1. The SMILES string of the molecule is CC(=O)CC1C(=O)N(c2ccc(Br)cc2)N=C1C. The zero-order valence-electron chi connectivity index (χ0n) is 10.2. The van der Waals surface area contributed by atoms with Crippen LogP contribution in [0.2, 0.25) is 0 Å². The number of amides is 1. The summed E-state index contributed by atoms with van der Waals surface area (Å²) in [6, 6.07) is 7.33. The largest absolute Gasteiger partial charge is 0.300 e. The third-order valence-corrected chi connectivity index (χ3v) is 3.36. The third-order valence-electron chi connectivity index (χ3n) is 2.83. The normalized spacial score (nSPS) is 19.1. The molecular formula is C13H13BrN2O2. The minimum atomic E-state index is -0.411. The maximum atomic E-state index is 12.2. The molecule has 0 radical (unpaired) electrons. The van der Waals surface area contributed by atoms with Gasteiger partial charge in [0.05, 0.1) is 11.6 Å². The van der Waals surface area contributed by atoms with Crippen LogP contribution in [0.5, 0.6) is 0 Å². The molecule has 1 atom stereocenters. The van der Waals surface area contributed by atoms with Gasteiger partial charge in [-0.1, -0.05) is 15.9 Å². The van der Waals surface area contributed by atoms with E-state index in [0.717, 1.165) is 4.47 Å². The number of hydrogen-bond donors (Lipinski definition) is 0. The summed E-state index contributed by atoms with van der Waals surface area (Å²) >= 11 is 3.34. The van der Waals surface area contributed by atoms with Crippen LogP contribution in [-0.2, 0) is 9.59 Å². The van der Waals surface area contributed by atoms with Crippen LogP contribution in [-0.4, -0.2) is 17.4 Å². The van der Waals surface area contributed by atoms with Gasteiger partial charge in [0.1, 0.15) is 5.78 Å². The van der Waals surface area contributed by atoms with E-state index in [1.165, 1.54) is 11.9 Å². The highest BCUT2D eigenvalue weighted by atomic mass is 79.9. The van der Waals surface area contributed by atoms with Crippen molar-refractivity contribution in [1.82, 2.24) is 0 Å². The fraction of sp³-hybridized carbons (Fsp3) is 0.308. The molecule has 0 fully saturated rings. The lowest BCUT2D eigenvalue weighted by Gasteiger charge is -2.13. The van der Waals surface area contributed by atoms with Crippen LogP contribution < -0.4 is 5.01 Å². The highest BCUT2D eigenvalue weighted by Crippen LogP contribution is 2.26. The smallest absolute Gasteiger partial charge is 0.256 e. The first kappa shape index (κ1) is 13.0. The number of anilines is 1. The third kappa shape index (κ3) is 2.51. The zero-order chi connectivity index (χ0) is 13.3. The first-order chi connectivity index (χ1) is 8.49. The molecule has 0 spiro atoms. The van der Waals surface area contributed by atoms with Gasteiger partial charge in [0, 0.05) is 16.6 Å². The Morgan fingerprint density at radius 2 is 2.00 bits per heavy atom. The Kier molecular flexibility index (Phi) is 3.61. The number of ketones is 1. The van der Waals surface area contributed by atoms with Gasteiger partial charge in [-0.25, -0.2) is 5.01 Å². The summed E-state index contributed by atoms with van der Waals surface area (Å²) in [6.45, 7) is 3.27. The molecule has 0 aliphatic carbocycles. The lowest BCUT2D eigenvalue weighted by atomic mass is 9.98. The standard InChI is InChI=1S/C13H13BrN2O2/c1-8(17)7-12-9(2)15-16(13(12)18)11-5-3-10(14)4-6-11/h3-6,12H,7H2,1-2H3. The van der Waals surface area contributed by atoms with Crippen LogP contribution in [0.25, 0.3) is 0 Å². The molecule has 1 aliphatic rings. The lowest BCUT2D eigenvalue weighted by molar-refractivity contribution is -0.124. The van der Waals surface area contributed by atoms with Gasteiger partial charge in [0.15, 0.2) is 0 Å². The Morgan fingerprint density at radius 3 is 2.56 bits per heavy atom. The quantitative estimate of drug-likeness (QED) is 0.862. The summed E-state index contributed by atoms with van der Waals surface area (Å²) in [5, 5.41) is 5.61. The monoisotopic (exact) mass is 308 g/mol. The van der Waals surface area contributed by atoms with Crippen molar-refractivity contribution in [3.63, 3.8) is 0 Å². The van der Waals surface area contributed by atoms with Gasteiger partial charge >= 0.3 is 0 Å². The van der Waals surface area contributed by atoms with Gasteiger partial charge in [0.25, 0.3) is 5.91 Å². The number of hydrogen-bond acceptors (Lipinski definition) is 3. The number of carbonyl (C=O) groups is 2. The van der Waals surface area contributed by atoms with E-state index in [9.17, 15) is 9.59 Å². The van der Waals surface area contributed by atoms with E-state index in [0.29, 0.717) is 11.4 Å². The molecule has 0 saturated heterocycles. The van der Waals surface area contributed by atoms with E-state index in [2.05, 4.69) is 21.0 Å². The summed E-state index contributed by atoms with van der Waals surface area (Å²) in [4.78, 5) is 23.3. The van der Waals surface area contributed by atoms with Crippen molar-refractivity contribution in [3.8, 4) is 0 Å². The van der Waals surface area contributed by atoms with Crippen molar-refractivity contribution in [2.24, 2.45) is 11.0 Å². The predicted octanol–water partition coefficient (Wildman–Crippen LogP) is 2.77. The Labute approximate surface area is 114 Å². The van der Waals surface area contributed by atoms with Crippen LogP contribution in [0.15, 0.2) is 33.8 Å². The van der Waals surface area contributed by atoms with Gasteiger partial charge in [-0.3, -0.25) is 9.59 Å². The van der Waals surface area contributed by atoms with E-state index in [-0.39, 0.29) is 18.1 Å². The van der Waals surface area contributed by atoms with Crippen molar-refractivity contribution in [3.05, 3.63) is 28.7 Å². The van der Waals surface area contributed by atoms with E-state index in [1.807, 2.05) is 24.3 Å². The number of nitrogens with zero attached hydrogens (tertiary/aromatic N) is 2. The molecule has 1 amide bonds. The average molecular weight is 309 g/mol. The van der Waals surface area contributed by atoms with Gasteiger partial charge in [-0.05, 0) is 38.1 Å². The first-order valence-electron chi connectivity index (χ1n) is 5.63. The zero-order valence-corrected chi connectivity index (χ0v) is 11.8. The number of carbonyl (C=O) groups excluding carboxylic acids is 2. The molecular weight excluding hydrogens is 296 g/mol. The molecule has 1 unspecified atom stereocenters. The molecule has 0 aromatic heterocycles. The average Bonchev–Trinajstić information content (AvgIpc) is 2.58. The maximum absolute atomic E-state index is 12.2. The summed E-state index contributed by atoms with van der Waals surface area (Å²) < 4.78 is 0.943. The molecule has 2 rings (SSSR count). The second-order valence-corrected chi connectivity index (χ2v) is 5.24. The molecule has 0 bridgehead atoms. The molecule has 0 saturated carbocycles. The molecule has 94 valence electrons. The number of benzene rings is 1. The Balaban J connectivity index is 2.25. The van der Waals surface area contributed by atoms with Crippen LogP contribution in [0.1, 0.15) is 20.3 Å². The second kappa shape index (κ2) is 5.02. The topological polar surface area (TPSA) is 49.7 Å². The molecule has 1 aliphatic heterocycles. The first-order valence-corrected chi connectivity index (χ1v) is 6.42. The number of hydrazone groups is 1. The predicted molar refractivity (Wildman–Crippen MR) is 73.5 cm³/mol. The van der Waals surface area contributed by atoms with E-state index >= 15 is 0 Å². The molecule has 18 heavy (non-hydrogen) atoms. The van der Waals surface area contributed by atoms with Crippen LogP contribution >= 0.6 is 15.9 Å². The van der Waals surface area contributed by atoms with E-state index in [4.69, 9.17) is 0 Å². The van der Waals surface area contributed by atoms with E-state index in [1.54, 1.807) is 6.92 Å². The molecule has 4 nitrogen and oxygen atoms in total. The Hall–Kier alpha value is -1.49. The lowest BCUT2D eigenvalue weighted by Crippen LogP contribution is -2.28. The molecule has 1 aromatic carbocycles. The second-order valence-electron chi connectivity index (χ2n) is 4.33. The Morgan fingerprint density at radius 1 is 1.39 bits per heavy atom. The highest BCUT2D eigenvalue weighted by Gasteiger charge is 2.34. The minimum absolute atomic E-state index is 0.000515. The summed E-state index contributed by atoms with van der Waals surface area (Å²) in [7, 11) is 0. The van der Waals surface area contributed by atoms with Gasteiger partial charge < -0.3 is 0 Å². The molecule has 1 aromatic rings. The summed E-state index contributed by atoms with van der Waals surface area (Å²) in [5.41, 5.74) is 1.41. The fourth-order valence-electron chi connectivity index (χ4n) is 1.89. The minimum Gasteiger partial charge on any atom is -0.300 e. The van der Waals surface area contributed by atoms with Gasteiger partial charge in [0.2, 0.25) is 0 Å². The van der Waals surface area contributed by atoms with Crippen molar-refractivity contribution in [2.45, 2.75) is 20.3 Å². The van der Waals surface area contributed by atoms with Crippen molar-refractivity contribution >= 4 is 39.0 Å². The van der Waals surface area contributed by atoms with Crippen molar-refractivity contribution < 1.29 is 9.59 Å². The maximum Gasteiger partial charge on any atom is 0.256 e. The molecule has 5 heteroatoms. The number of rotatable bonds is 3. The van der Waals surface area contributed by atoms with Crippen LogP contribution in [0.4, 0.5) is 5.69 Å². The van der Waals surface area contributed by atoms with Crippen LogP contribution in [0.3, 0.4) is 0 Å². The van der Waals surface area contributed by atoms with Crippen molar-refractivity contribution in [1.29, 1.82) is 0 Å². The highest BCUT2D eigenvalue weighted by molar-refractivity contribution is 9.10. The number of halogens is 1. The van der Waals surface area contributed by atoms with E-state index < -0.39 is 5.92 Å². The summed E-state index contributed by atoms with van der Waals surface area (Å²) in [6.07, 6.45) is 0.223. The molecule has 1 heterocycles. The molecule has 0 N–H and O–H groups in total. The van der Waals surface area contributed by atoms with Gasteiger partial charge in [-0.2, -0.15) is 5.10 Å². The van der Waals surface area contributed by atoms with Gasteiger partial charge in [-0.15, -0.1) is 0 Å². The Bertz CT molecular complexity index is 522. The summed E-state index contributed by atoms with van der Waals surface area (Å²) in [5.74, 6) is -0.545. The van der Waals surface area contributed by atoms with Crippen LogP contribution in [0, 0.1) is 5.92 Å². The fourth-order valence-corrected chi connectivity index (χ4v) is 2.16. The van der Waals surface area contributed by atoms with Crippen molar-refractivity contribution in [2.75, 3.05) is 5.01 Å².